The summed E-state index contributed by atoms with van der Waals surface area (Å²) in [6, 6.07) is 9.33. The molecule has 30 heavy (non-hydrogen) atoms. The number of ether oxygens (including phenoxy) is 1. The van der Waals surface area contributed by atoms with Crippen molar-refractivity contribution in [3.8, 4) is 0 Å². The van der Waals surface area contributed by atoms with Gasteiger partial charge in [0.2, 0.25) is 0 Å². The SMILES string of the molecule is CN(C)CCNC(=O)C1Cn2ccnc2C2(CCN(C(=O)c3ccccc3)CC2)O1. The molecule has 1 unspecified atom stereocenters. The summed E-state index contributed by atoms with van der Waals surface area (Å²) in [6.07, 6.45) is 4.33. The van der Waals surface area contributed by atoms with Crippen LogP contribution in [0.5, 0.6) is 0 Å². The van der Waals surface area contributed by atoms with Gasteiger partial charge in [0.05, 0.1) is 6.54 Å². The van der Waals surface area contributed by atoms with Gasteiger partial charge in [-0.05, 0) is 26.2 Å². The molecule has 8 heteroatoms. The van der Waals surface area contributed by atoms with E-state index in [2.05, 4.69) is 10.3 Å². The van der Waals surface area contributed by atoms with Crippen LogP contribution in [-0.2, 0) is 21.7 Å². The number of carbonyl (C=O) groups excluding carboxylic acids is 2. The lowest BCUT2D eigenvalue weighted by Gasteiger charge is -2.45. The van der Waals surface area contributed by atoms with Crippen molar-refractivity contribution in [1.82, 2.24) is 24.7 Å². The monoisotopic (exact) mass is 411 g/mol. The van der Waals surface area contributed by atoms with Crippen LogP contribution in [0.15, 0.2) is 42.7 Å². The summed E-state index contributed by atoms with van der Waals surface area (Å²) in [4.78, 5) is 34.0. The molecule has 2 aromatic rings. The highest BCUT2D eigenvalue weighted by atomic mass is 16.5. The van der Waals surface area contributed by atoms with Gasteiger partial charge in [0.1, 0.15) is 11.4 Å². The quantitative estimate of drug-likeness (QED) is 0.797. The van der Waals surface area contributed by atoms with Crippen molar-refractivity contribution in [3.63, 3.8) is 0 Å². The molecule has 1 N–H and O–H groups in total. The Balaban J connectivity index is 1.45. The Morgan fingerprint density at radius 1 is 1.23 bits per heavy atom. The fourth-order valence-corrected chi connectivity index (χ4v) is 4.23. The molecule has 0 saturated carbocycles. The lowest BCUT2D eigenvalue weighted by atomic mass is 9.88. The highest BCUT2D eigenvalue weighted by Gasteiger charge is 2.47. The molecule has 2 aliphatic heterocycles. The van der Waals surface area contributed by atoms with Crippen molar-refractivity contribution in [2.45, 2.75) is 31.1 Å². The predicted octanol–water partition coefficient (Wildman–Crippen LogP) is 1.09. The topological polar surface area (TPSA) is 79.7 Å². The molecule has 1 aromatic carbocycles. The molecular formula is C22H29N5O3. The summed E-state index contributed by atoms with van der Waals surface area (Å²) < 4.78 is 8.43. The highest BCUT2D eigenvalue weighted by molar-refractivity contribution is 5.94. The number of hydrogen-bond acceptors (Lipinski definition) is 5. The number of benzene rings is 1. The minimum absolute atomic E-state index is 0.0302. The van der Waals surface area contributed by atoms with Gasteiger partial charge < -0.3 is 24.4 Å². The number of rotatable bonds is 5. The van der Waals surface area contributed by atoms with E-state index in [0.717, 1.165) is 12.4 Å². The van der Waals surface area contributed by atoms with Crippen LogP contribution in [0.2, 0.25) is 0 Å². The summed E-state index contributed by atoms with van der Waals surface area (Å²) in [5, 5.41) is 2.97. The van der Waals surface area contributed by atoms with E-state index < -0.39 is 11.7 Å². The van der Waals surface area contributed by atoms with E-state index in [0.29, 0.717) is 44.6 Å². The van der Waals surface area contributed by atoms with E-state index in [1.807, 2.05) is 65.0 Å². The minimum Gasteiger partial charge on any atom is -0.352 e. The lowest BCUT2D eigenvalue weighted by Crippen LogP contribution is -2.55. The summed E-state index contributed by atoms with van der Waals surface area (Å²) in [7, 11) is 3.95. The maximum Gasteiger partial charge on any atom is 0.253 e. The number of aromatic nitrogens is 2. The predicted molar refractivity (Wildman–Crippen MR) is 112 cm³/mol. The fraction of sp³-hybridized carbons (Fsp3) is 0.500. The second-order valence-corrected chi connectivity index (χ2v) is 8.26. The minimum atomic E-state index is -0.640. The summed E-state index contributed by atoms with van der Waals surface area (Å²) in [5.41, 5.74) is 0.0522. The molecule has 2 aliphatic rings. The number of amides is 2. The molecule has 1 spiro atoms. The molecule has 1 atom stereocenters. The molecule has 160 valence electrons. The van der Waals surface area contributed by atoms with Crippen LogP contribution in [-0.4, -0.2) is 77.5 Å². The summed E-state index contributed by atoms with van der Waals surface area (Å²) in [5.74, 6) is 0.785. The third kappa shape index (κ3) is 4.11. The normalized spacial score (nSPS) is 20.2. The molecule has 8 nitrogen and oxygen atoms in total. The smallest absolute Gasteiger partial charge is 0.253 e. The Labute approximate surface area is 176 Å². The van der Waals surface area contributed by atoms with Crippen LogP contribution >= 0.6 is 0 Å². The van der Waals surface area contributed by atoms with Crippen LogP contribution in [0, 0.1) is 0 Å². The Morgan fingerprint density at radius 2 is 1.97 bits per heavy atom. The van der Waals surface area contributed by atoms with Crippen molar-refractivity contribution < 1.29 is 14.3 Å². The average Bonchev–Trinajstić information content (AvgIpc) is 3.24. The second kappa shape index (κ2) is 8.57. The van der Waals surface area contributed by atoms with Gasteiger partial charge in [-0.15, -0.1) is 0 Å². The van der Waals surface area contributed by atoms with Crippen LogP contribution in [0.1, 0.15) is 29.0 Å². The number of imidazole rings is 1. The molecule has 0 bridgehead atoms. The zero-order valence-corrected chi connectivity index (χ0v) is 17.6. The van der Waals surface area contributed by atoms with Crippen molar-refractivity contribution in [2.75, 3.05) is 40.3 Å². The number of piperidine rings is 1. The van der Waals surface area contributed by atoms with Gasteiger partial charge in [-0.1, -0.05) is 18.2 Å². The molecule has 0 radical (unpaired) electrons. The van der Waals surface area contributed by atoms with Crippen molar-refractivity contribution in [1.29, 1.82) is 0 Å². The Bertz CT molecular complexity index is 887. The van der Waals surface area contributed by atoms with Gasteiger partial charge in [0.25, 0.3) is 11.8 Å². The number of likely N-dealkylation sites (N-methyl/N-ethyl adjacent to an activating group) is 1. The standard InChI is InChI=1S/C22H29N5O3/c1-25(2)14-10-23-19(28)18-16-27-15-11-24-21(27)22(30-18)8-12-26(13-9-22)20(29)17-6-4-3-5-7-17/h3-7,11,15,18H,8-10,12-14,16H2,1-2H3,(H,23,28). The molecule has 1 fully saturated rings. The Hall–Kier alpha value is -2.71. The zero-order valence-electron chi connectivity index (χ0n) is 17.6. The van der Waals surface area contributed by atoms with Crippen LogP contribution < -0.4 is 5.32 Å². The summed E-state index contributed by atoms with van der Waals surface area (Å²) >= 11 is 0. The summed E-state index contributed by atoms with van der Waals surface area (Å²) in [6.45, 7) is 2.94. The van der Waals surface area contributed by atoms with Crippen LogP contribution in [0.3, 0.4) is 0 Å². The van der Waals surface area contributed by atoms with Gasteiger partial charge in [-0.25, -0.2) is 4.98 Å². The van der Waals surface area contributed by atoms with E-state index in [9.17, 15) is 9.59 Å². The number of nitrogens with zero attached hydrogens (tertiary/aromatic N) is 4. The molecule has 1 saturated heterocycles. The average molecular weight is 412 g/mol. The molecule has 2 amide bonds. The number of nitrogens with one attached hydrogen (secondary N) is 1. The molecule has 0 aliphatic carbocycles. The van der Waals surface area contributed by atoms with Crippen molar-refractivity contribution >= 4 is 11.8 Å². The third-order valence-corrected chi connectivity index (χ3v) is 5.88. The van der Waals surface area contributed by atoms with Crippen molar-refractivity contribution in [2.24, 2.45) is 0 Å². The third-order valence-electron chi connectivity index (χ3n) is 5.88. The number of carbonyl (C=O) groups is 2. The van der Waals surface area contributed by atoms with E-state index in [4.69, 9.17) is 4.74 Å². The Kier molecular flexibility index (Phi) is 5.87. The Morgan fingerprint density at radius 3 is 2.67 bits per heavy atom. The lowest BCUT2D eigenvalue weighted by molar-refractivity contribution is -0.172. The largest absolute Gasteiger partial charge is 0.352 e. The van der Waals surface area contributed by atoms with Crippen LogP contribution in [0.4, 0.5) is 0 Å². The van der Waals surface area contributed by atoms with E-state index >= 15 is 0 Å². The second-order valence-electron chi connectivity index (χ2n) is 8.26. The number of hydrogen-bond donors (Lipinski definition) is 1. The molecule has 3 heterocycles. The van der Waals surface area contributed by atoms with Gasteiger partial charge in [0, 0.05) is 57.0 Å². The van der Waals surface area contributed by atoms with Crippen molar-refractivity contribution in [3.05, 3.63) is 54.1 Å². The first-order valence-electron chi connectivity index (χ1n) is 10.4. The molecule has 1 aromatic heterocycles. The fourth-order valence-electron chi connectivity index (χ4n) is 4.23. The first kappa shape index (κ1) is 20.6. The number of likely N-dealkylation sites (tertiary alicyclic amines) is 1. The number of fused-ring (bicyclic) bond motifs is 2. The van der Waals surface area contributed by atoms with Gasteiger partial charge in [-0.3, -0.25) is 9.59 Å². The maximum atomic E-state index is 12.8. The van der Waals surface area contributed by atoms with Gasteiger partial charge in [-0.2, -0.15) is 0 Å². The molecule has 4 rings (SSSR count). The van der Waals surface area contributed by atoms with E-state index in [-0.39, 0.29) is 11.8 Å². The van der Waals surface area contributed by atoms with Gasteiger partial charge >= 0.3 is 0 Å². The highest BCUT2D eigenvalue weighted by Crippen LogP contribution is 2.40. The first-order chi connectivity index (χ1) is 14.5. The molecular weight excluding hydrogens is 382 g/mol. The van der Waals surface area contributed by atoms with Gasteiger partial charge in [0.15, 0.2) is 6.10 Å². The maximum absolute atomic E-state index is 12.8. The van der Waals surface area contributed by atoms with Crippen LogP contribution in [0.25, 0.3) is 0 Å². The zero-order chi connectivity index (χ0) is 21.1. The first-order valence-corrected chi connectivity index (χ1v) is 10.4. The van der Waals surface area contributed by atoms with E-state index in [1.165, 1.54) is 0 Å². The van der Waals surface area contributed by atoms with E-state index in [1.54, 1.807) is 6.20 Å².